The highest BCUT2D eigenvalue weighted by molar-refractivity contribution is 4.94. The molecule has 2 aliphatic rings. The molecule has 2 rings (SSSR count). The summed E-state index contributed by atoms with van der Waals surface area (Å²) in [6.07, 6.45) is 7.63. The Labute approximate surface area is 95.8 Å². The summed E-state index contributed by atoms with van der Waals surface area (Å²) >= 11 is 0. The quantitative estimate of drug-likeness (QED) is 0.615. The molecule has 0 spiro atoms. The van der Waals surface area contributed by atoms with Crippen LogP contribution in [0.5, 0.6) is 0 Å². The van der Waals surface area contributed by atoms with E-state index in [4.69, 9.17) is 0 Å². The van der Waals surface area contributed by atoms with Crippen LogP contribution >= 0.6 is 0 Å². The summed E-state index contributed by atoms with van der Waals surface area (Å²) in [6.45, 7) is 9.77. The van der Waals surface area contributed by atoms with E-state index >= 15 is 0 Å². The maximum absolute atomic E-state index is 2.44. The molecule has 0 saturated heterocycles. The van der Waals surface area contributed by atoms with Crippen LogP contribution in [0.4, 0.5) is 0 Å². The van der Waals surface area contributed by atoms with Crippen LogP contribution in [-0.2, 0) is 0 Å². The Bertz CT molecular complexity index is 182. The Morgan fingerprint density at radius 2 is 1.13 bits per heavy atom. The standard InChI is InChI=1S/C15H28/c1-10(2)14-9-15(11(3)4)13-8-6-5-7-12(13)14/h10-15H,5-9H2,1-4H3. The van der Waals surface area contributed by atoms with E-state index < -0.39 is 0 Å². The maximum Gasteiger partial charge on any atom is -0.0352 e. The normalized spacial score (nSPS) is 41.2. The fourth-order valence-corrected chi connectivity index (χ4v) is 4.45. The van der Waals surface area contributed by atoms with Gasteiger partial charge in [0.25, 0.3) is 0 Å². The van der Waals surface area contributed by atoms with Gasteiger partial charge in [0.1, 0.15) is 0 Å². The van der Waals surface area contributed by atoms with Crippen molar-refractivity contribution in [1.29, 1.82) is 0 Å². The average Bonchev–Trinajstić information content (AvgIpc) is 2.56. The first-order valence-corrected chi connectivity index (χ1v) is 7.11. The zero-order valence-corrected chi connectivity index (χ0v) is 11.0. The minimum atomic E-state index is 0.916. The molecule has 2 fully saturated rings. The van der Waals surface area contributed by atoms with Crippen molar-refractivity contribution in [3.63, 3.8) is 0 Å². The molecule has 0 aromatic rings. The predicted molar refractivity (Wildman–Crippen MR) is 66.7 cm³/mol. The van der Waals surface area contributed by atoms with Crippen molar-refractivity contribution in [2.45, 2.75) is 59.8 Å². The Balaban J connectivity index is 2.12. The van der Waals surface area contributed by atoms with Crippen LogP contribution in [0.3, 0.4) is 0 Å². The molecule has 0 bridgehead atoms. The van der Waals surface area contributed by atoms with Gasteiger partial charge >= 0.3 is 0 Å². The summed E-state index contributed by atoms with van der Waals surface area (Å²) in [4.78, 5) is 0. The first-order valence-electron chi connectivity index (χ1n) is 7.11. The molecule has 15 heavy (non-hydrogen) atoms. The second kappa shape index (κ2) is 4.47. The van der Waals surface area contributed by atoms with E-state index in [-0.39, 0.29) is 0 Å². The molecule has 4 atom stereocenters. The predicted octanol–water partition coefficient (Wildman–Crippen LogP) is 4.74. The third-order valence-corrected chi connectivity index (χ3v) is 5.23. The number of fused-ring (bicyclic) bond motifs is 1. The Hall–Kier alpha value is 0. The van der Waals surface area contributed by atoms with Gasteiger partial charge in [-0.25, -0.2) is 0 Å². The minimum Gasteiger partial charge on any atom is -0.0625 e. The van der Waals surface area contributed by atoms with Gasteiger partial charge in [-0.15, -0.1) is 0 Å². The maximum atomic E-state index is 2.44. The van der Waals surface area contributed by atoms with Gasteiger partial charge in [-0.1, -0.05) is 40.5 Å². The monoisotopic (exact) mass is 208 g/mol. The van der Waals surface area contributed by atoms with Crippen molar-refractivity contribution in [3.05, 3.63) is 0 Å². The molecule has 0 heterocycles. The first kappa shape index (κ1) is 11.5. The third kappa shape index (κ3) is 2.10. The Morgan fingerprint density at radius 1 is 0.733 bits per heavy atom. The van der Waals surface area contributed by atoms with Crippen molar-refractivity contribution < 1.29 is 0 Å². The van der Waals surface area contributed by atoms with Crippen LogP contribution in [-0.4, -0.2) is 0 Å². The summed E-state index contributed by atoms with van der Waals surface area (Å²) in [5.41, 5.74) is 0. The van der Waals surface area contributed by atoms with E-state index in [1.165, 1.54) is 32.1 Å². The summed E-state index contributed by atoms with van der Waals surface area (Å²) < 4.78 is 0. The lowest BCUT2D eigenvalue weighted by atomic mass is 9.72. The van der Waals surface area contributed by atoms with Crippen LogP contribution in [0.1, 0.15) is 59.8 Å². The summed E-state index contributed by atoms with van der Waals surface area (Å²) in [6, 6.07) is 0. The highest BCUT2D eigenvalue weighted by Gasteiger charge is 2.45. The van der Waals surface area contributed by atoms with Gasteiger partial charge in [-0.3, -0.25) is 0 Å². The second-order valence-electron chi connectivity index (χ2n) is 6.66. The van der Waals surface area contributed by atoms with Crippen molar-refractivity contribution in [1.82, 2.24) is 0 Å². The summed E-state index contributed by atoms with van der Waals surface area (Å²) in [5, 5.41) is 0. The van der Waals surface area contributed by atoms with Gasteiger partial charge in [0, 0.05) is 0 Å². The van der Waals surface area contributed by atoms with E-state index in [0.717, 1.165) is 35.5 Å². The van der Waals surface area contributed by atoms with Crippen LogP contribution < -0.4 is 0 Å². The molecule has 0 heteroatoms. The van der Waals surface area contributed by atoms with Crippen molar-refractivity contribution >= 4 is 0 Å². The third-order valence-electron chi connectivity index (χ3n) is 5.23. The zero-order valence-electron chi connectivity index (χ0n) is 11.0. The van der Waals surface area contributed by atoms with Gasteiger partial charge in [-0.05, 0) is 54.8 Å². The molecule has 0 aliphatic heterocycles. The molecule has 0 aromatic carbocycles. The van der Waals surface area contributed by atoms with Crippen molar-refractivity contribution in [2.75, 3.05) is 0 Å². The minimum absolute atomic E-state index is 0.916. The van der Waals surface area contributed by atoms with Gasteiger partial charge < -0.3 is 0 Å². The number of hydrogen-bond acceptors (Lipinski definition) is 0. The van der Waals surface area contributed by atoms with E-state index in [0.29, 0.717) is 0 Å². The van der Waals surface area contributed by atoms with E-state index in [1.54, 1.807) is 0 Å². The van der Waals surface area contributed by atoms with Crippen LogP contribution in [0.25, 0.3) is 0 Å². The molecule has 0 aromatic heterocycles. The van der Waals surface area contributed by atoms with Crippen LogP contribution in [0.2, 0.25) is 0 Å². The highest BCUT2D eigenvalue weighted by atomic mass is 14.5. The van der Waals surface area contributed by atoms with Gasteiger partial charge in [-0.2, -0.15) is 0 Å². The topological polar surface area (TPSA) is 0 Å². The Kier molecular flexibility index (Phi) is 3.42. The lowest BCUT2D eigenvalue weighted by molar-refractivity contribution is 0.166. The first-order chi connectivity index (χ1) is 7.11. The molecule has 0 amide bonds. The van der Waals surface area contributed by atoms with Crippen LogP contribution in [0.15, 0.2) is 0 Å². The smallest absolute Gasteiger partial charge is 0.0352 e. The molecule has 88 valence electrons. The number of rotatable bonds is 2. The largest absolute Gasteiger partial charge is 0.0625 e. The lowest BCUT2D eigenvalue weighted by Crippen LogP contribution is -2.25. The lowest BCUT2D eigenvalue weighted by Gasteiger charge is -2.33. The van der Waals surface area contributed by atoms with Gasteiger partial charge in [0.2, 0.25) is 0 Å². The van der Waals surface area contributed by atoms with E-state index in [9.17, 15) is 0 Å². The molecule has 2 saturated carbocycles. The summed E-state index contributed by atoms with van der Waals surface area (Å²) in [5.74, 6) is 6.10. The molecular formula is C15H28. The molecule has 0 nitrogen and oxygen atoms in total. The molecule has 4 unspecified atom stereocenters. The van der Waals surface area contributed by atoms with Gasteiger partial charge in [0.15, 0.2) is 0 Å². The van der Waals surface area contributed by atoms with Gasteiger partial charge in [0.05, 0.1) is 0 Å². The fraction of sp³-hybridized carbons (Fsp3) is 1.00. The SMILES string of the molecule is CC(C)C1CC(C(C)C)C2CCCCC12. The van der Waals surface area contributed by atoms with E-state index in [2.05, 4.69) is 27.7 Å². The zero-order chi connectivity index (χ0) is 11.0. The van der Waals surface area contributed by atoms with E-state index in [1.807, 2.05) is 0 Å². The van der Waals surface area contributed by atoms with Crippen LogP contribution in [0, 0.1) is 35.5 Å². The molecule has 2 aliphatic carbocycles. The average molecular weight is 208 g/mol. The van der Waals surface area contributed by atoms with Crippen molar-refractivity contribution in [3.8, 4) is 0 Å². The Morgan fingerprint density at radius 3 is 1.47 bits per heavy atom. The molecule has 0 N–H and O–H groups in total. The fourth-order valence-electron chi connectivity index (χ4n) is 4.45. The summed E-state index contributed by atoms with van der Waals surface area (Å²) in [7, 11) is 0. The van der Waals surface area contributed by atoms with Crippen molar-refractivity contribution in [2.24, 2.45) is 35.5 Å². The second-order valence-corrected chi connectivity index (χ2v) is 6.66. The molecule has 0 radical (unpaired) electrons. The molecular weight excluding hydrogens is 180 g/mol. The number of hydrogen-bond donors (Lipinski definition) is 0. The highest BCUT2D eigenvalue weighted by Crippen LogP contribution is 2.53.